The summed E-state index contributed by atoms with van der Waals surface area (Å²) in [5.74, 6) is 0.211. The number of nitrogens with two attached hydrogens (primary N) is 1. The molecule has 0 aliphatic rings. The third kappa shape index (κ3) is 6.14. The van der Waals surface area contributed by atoms with E-state index in [-0.39, 0.29) is 24.5 Å². The number of rotatable bonds is 9. The van der Waals surface area contributed by atoms with Gasteiger partial charge in [-0.25, -0.2) is 4.39 Å². The highest BCUT2D eigenvalue weighted by Crippen LogP contribution is 2.38. The highest BCUT2D eigenvalue weighted by Gasteiger charge is 2.17. The fourth-order valence-electron chi connectivity index (χ4n) is 2.69. The third-order valence-corrected chi connectivity index (χ3v) is 5.99. The van der Waals surface area contributed by atoms with Gasteiger partial charge in [0.05, 0.1) is 28.2 Å². The fraction of sp³-hybridized carbons (Fsp3) is 0.333. The van der Waals surface area contributed by atoms with E-state index in [1.165, 1.54) is 30.6 Å². The molecule has 0 aliphatic carbocycles. The predicted octanol–water partition coefficient (Wildman–Crippen LogP) is 5.57. The SMILES string of the molecule is COCC(N)COc1cc(Cl)c(-c2nnc(-c3ccc(OC(C)C)c(Br)c3)s2)cc1F. The molecule has 1 aromatic heterocycles. The lowest BCUT2D eigenvalue weighted by atomic mass is 10.2. The smallest absolute Gasteiger partial charge is 0.165 e. The van der Waals surface area contributed by atoms with Crippen LogP contribution in [0.3, 0.4) is 0 Å². The lowest BCUT2D eigenvalue weighted by molar-refractivity contribution is 0.151. The molecule has 1 unspecified atom stereocenters. The molecule has 3 aromatic rings. The van der Waals surface area contributed by atoms with E-state index in [1.807, 2.05) is 32.0 Å². The molecular weight excluding hydrogens is 509 g/mol. The number of aromatic nitrogens is 2. The van der Waals surface area contributed by atoms with Gasteiger partial charge in [0, 0.05) is 24.3 Å². The minimum Gasteiger partial charge on any atom is -0.490 e. The largest absolute Gasteiger partial charge is 0.490 e. The molecule has 3 rings (SSSR count). The average Bonchev–Trinajstić information content (AvgIpc) is 3.19. The van der Waals surface area contributed by atoms with Gasteiger partial charge in [0.15, 0.2) is 11.6 Å². The second kappa shape index (κ2) is 10.7. The average molecular weight is 531 g/mol. The van der Waals surface area contributed by atoms with Gasteiger partial charge in [-0.2, -0.15) is 0 Å². The predicted molar refractivity (Wildman–Crippen MR) is 125 cm³/mol. The molecule has 0 spiro atoms. The normalized spacial score (nSPS) is 12.3. The number of hydrogen-bond acceptors (Lipinski definition) is 7. The molecule has 0 fully saturated rings. The quantitative estimate of drug-likeness (QED) is 0.390. The number of halogens is 3. The van der Waals surface area contributed by atoms with Crippen molar-refractivity contribution in [3.05, 3.63) is 45.6 Å². The van der Waals surface area contributed by atoms with Crippen molar-refractivity contribution in [2.45, 2.75) is 26.0 Å². The molecule has 1 heterocycles. The zero-order valence-electron chi connectivity index (χ0n) is 17.2. The van der Waals surface area contributed by atoms with Crippen molar-refractivity contribution in [3.8, 4) is 32.6 Å². The Bertz CT molecular complexity index is 1050. The van der Waals surface area contributed by atoms with E-state index >= 15 is 0 Å². The zero-order valence-corrected chi connectivity index (χ0v) is 20.4. The summed E-state index contributed by atoms with van der Waals surface area (Å²) >= 11 is 11.2. The van der Waals surface area contributed by atoms with Crippen LogP contribution < -0.4 is 15.2 Å². The van der Waals surface area contributed by atoms with Crippen LogP contribution in [0.4, 0.5) is 4.39 Å². The first kappa shape index (κ1) is 23.9. The van der Waals surface area contributed by atoms with E-state index in [4.69, 9.17) is 31.5 Å². The zero-order chi connectivity index (χ0) is 22.5. The second-order valence-corrected chi connectivity index (χ2v) is 9.25. The Morgan fingerprint density at radius 1 is 1.13 bits per heavy atom. The topological polar surface area (TPSA) is 79.5 Å². The van der Waals surface area contributed by atoms with Gasteiger partial charge >= 0.3 is 0 Å². The Labute approximate surface area is 197 Å². The Morgan fingerprint density at radius 2 is 1.87 bits per heavy atom. The number of ether oxygens (including phenoxy) is 3. The maximum absolute atomic E-state index is 14.6. The van der Waals surface area contributed by atoms with Crippen molar-refractivity contribution >= 4 is 38.9 Å². The van der Waals surface area contributed by atoms with Crippen LogP contribution in [0.2, 0.25) is 5.02 Å². The summed E-state index contributed by atoms with van der Waals surface area (Å²) in [6.07, 6.45) is 0.0648. The van der Waals surface area contributed by atoms with Crippen LogP contribution in [0.25, 0.3) is 21.1 Å². The third-order valence-electron chi connectivity index (χ3n) is 4.05. The molecular formula is C21H22BrClFN3O3S. The summed E-state index contributed by atoms with van der Waals surface area (Å²) in [7, 11) is 1.54. The van der Waals surface area contributed by atoms with Crippen LogP contribution in [-0.4, -0.2) is 42.7 Å². The summed E-state index contributed by atoms with van der Waals surface area (Å²) in [6, 6.07) is 8.01. The van der Waals surface area contributed by atoms with E-state index in [0.717, 1.165) is 15.8 Å². The van der Waals surface area contributed by atoms with Gasteiger partial charge in [-0.3, -0.25) is 0 Å². The van der Waals surface area contributed by atoms with Crippen molar-refractivity contribution in [2.24, 2.45) is 5.73 Å². The molecule has 0 bridgehead atoms. The van der Waals surface area contributed by atoms with Gasteiger partial charge in [-0.1, -0.05) is 22.9 Å². The second-order valence-electron chi connectivity index (χ2n) is 7.01. The van der Waals surface area contributed by atoms with Gasteiger partial charge < -0.3 is 19.9 Å². The van der Waals surface area contributed by atoms with Crippen LogP contribution in [0, 0.1) is 5.82 Å². The van der Waals surface area contributed by atoms with Crippen molar-refractivity contribution in [1.82, 2.24) is 10.2 Å². The summed E-state index contributed by atoms with van der Waals surface area (Å²) < 4.78 is 31.5. The van der Waals surface area contributed by atoms with E-state index < -0.39 is 5.82 Å². The highest BCUT2D eigenvalue weighted by molar-refractivity contribution is 9.10. The van der Waals surface area contributed by atoms with Crippen LogP contribution in [0.1, 0.15) is 13.8 Å². The van der Waals surface area contributed by atoms with Crippen LogP contribution in [0.15, 0.2) is 34.8 Å². The van der Waals surface area contributed by atoms with Crippen molar-refractivity contribution in [2.75, 3.05) is 20.3 Å². The number of nitrogens with zero attached hydrogens (tertiary/aromatic N) is 2. The van der Waals surface area contributed by atoms with Gasteiger partial charge in [0.2, 0.25) is 0 Å². The summed E-state index contributed by atoms with van der Waals surface area (Å²) in [5.41, 5.74) is 7.11. The maximum atomic E-state index is 14.6. The molecule has 0 aliphatic heterocycles. The van der Waals surface area contributed by atoms with Gasteiger partial charge in [0.25, 0.3) is 0 Å². The molecule has 0 saturated heterocycles. The standard InChI is InChI=1S/C21H22BrClFN3O3S/c1-11(2)30-18-5-4-12(6-15(18)22)20-26-27-21(31-20)14-7-17(24)19(8-16(14)23)29-10-13(25)9-28-3/h4-8,11,13H,9-10,25H2,1-3H3. The molecule has 0 radical (unpaired) electrons. The van der Waals surface area contributed by atoms with E-state index in [0.29, 0.717) is 27.2 Å². The minimum atomic E-state index is -0.557. The number of benzene rings is 2. The van der Waals surface area contributed by atoms with Gasteiger partial charge in [0.1, 0.15) is 22.4 Å². The molecule has 166 valence electrons. The molecule has 2 N–H and O–H groups in total. The Hall–Kier alpha value is -1.78. The van der Waals surface area contributed by atoms with Crippen molar-refractivity contribution in [3.63, 3.8) is 0 Å². The van der Waals surface area contributed by atoms with E-state index in [1.54, 1.807) is 0 Å². The molecule has 10 heteroatoms. The molecule has 31 heavy (non-hydrogen) atoms. The molecule has 0 amide bonds. The highest BCUT2D eigenvalue weighted by atomic mass is 79.9. The number of methoxy groups -OCH3 is 1. The molecule has 0 saturated carbocycles. The van der Waals surface area contributed by atoms with Crippen LogP contribution in [-0.2, 0) is 4.74 Å². The summed E-state index contributed by atoms with van der Waals surface area (Å²) in [4.78, 5) is 0. The first-order valence-electron chi connectivity index (χ1n) is 9.45. The van der Waals surface area contributed by atoms with Crippen LogP contribution in [0.5, 0.6) is 11.5 Å². The molecule has 1 atom stereocenters. The minimum absolute atomic E-state index is 0.0229. The summed E-state index contributed by atoms with van der Waals surface area (Å²) in [5, 5.41) is 9.90. The number of hydrogen-bond donors (Lipinski definition) is 1. The Morgan fingerprint density at radius 3 is 2.55 bits per heavy atom. The lowest BCUT2D eigenvalue weighted by Crippen LogP contribution is -2.32. The Balaban J connectivity index is 1.80. The molecule has 2 aromatic carbocycles. The summed E-state index contributed by atoms with van der Waals surface area (Å²) in [6.45, 7) is 4.34. The fourth-order valence-corrected chi connectivity index (χ4v) is 4.34. The van der Waals surface area contributed by atoms with Gasteiger partial charge in [-0.05, 0) is 54.0 Å². The Kier molecular flexibility index (Phi) is 8.23. The lowest BCUT2D eigenvalue weighted by Gasteiger charge is -2.13. The molecule has 6 nitrogen and oxygen atoms in total. The van der Waals surface area contributed by atoms with Crippen molar-refractivity contribution < 1.29 is 18.6 Å². The first-order valence-corrected chi connectivity index (χ1v) is 11.4. The first-order chi connectivity index (χ1) is 14.8. The van der Waals surface area contributed by atoms with Crippen molar-refractivity contribution in [1.29, 1.82) is 0 Å². The maximum Gasteiger partial charge on any atom is 0.165 e. The monoisotopic (exact) mass is 529 g/mol. The van der Waals surface area contributed by atoms with Gasteiger partial charge in [-0.15, -0.1) is 10.2 Å². The van der Waals surface area contributed by atoms with Crippen LogP contribution >= 0.6 is 38.9 Å². The van der Waals surface area contributed by atoms with E-state index in [9.17, 15) is 4.39 Å². The van der Waals surface area contributed by atoms with E-state index in [2.05, 4.69) is 26.1 Å².